The first-order chi connectivity index (χ1) is 9.24. The first-order valence-electron chi connectivity index (χ1n) is 6.28. The lowest BCUT2D eigenvalue weighted by atomic mass is 10.3. The van der Waals surface area contributed by atoms with E-state index >= 15 is 0 Å². The van der Waals surface area contributed by atoms with Crippen molar-refractivity contribution in [1.82, 2.24) is 4.90 Å². The molecule has 3 nitrogen and oxygen atoms in total. The van der Waals surface area contributed by atoms with Gasteiger partial charge >= 0.3 is 0 Å². The van der Waals surface area contributed by atoms with E-state index in [9.17, 15) is 4.79 Å². The van der Waals surface area contributed by atoms with Crippen molar-refractivity contribution in [3.8, 4) is 0 Å². The Hall–Kier alpha value is -1.65. The summed E-state index contributed by atoms with van der Waals surface area (Å²) >= 11 is 1.70. The number of rotatable bonds is 6. The summed E-state index contributed by atoms with van der Waals surface area (Å²) in [5.74, 6) is 0.0587. The minimum absolute atomic E-state index is 0.0587. The summed E-state index contributed by atoms with van der Waals surface area (Å²) in [5.41, 5.74) is 2.16. The molecule has 0 saturated heterocycles. The molecule has 0 aliphatic heterocycles. The monoisotopic (exact) mass is 274 g/mol. The van der Waals surface area contributed by atoms with Crippen LogP contribution < -0.4 is 5.32 Å². The molecule has 1 aromatic heterocycles. The molecule has 0 spiro atoms. The molecule has 0 atom stereocenters. The Morgan fingerprint density at radius 1 is 1.26 bits per heavy atom. The van der Waals surface area contributed by atoms with Crippen LogP contribution in [-0.4, -0.2) is 24.4 Å². The minimum Gasteiger partial charge on any atom is -0.326 e. The SMILES string of the molecule is CN(CCC(=O)Nc1ccccc1)Cc1ccsc1. The second-order valence-corrected chi connectivity index (χ2v) is 5.31. The summed E-state index contributed by atoms with van der Waals surface area (Å²) in [4.78, 5) is 13.9. The van der Waals surface area contributed by atoms with Crippen molar-refractivity contribution < 1.29 is 4.79 Å². The molecule has 1 amide bonds. The van der Waals surface area contributed by atoms with Crippen molar-refractivity contribution in [3.05, 3.63) is 52.7 Å². The van der Waals surface area contributed by atoms with Gasteiger partial charge in [-0.2, -0.15) is 11.3 Å². The van der Waals surface area contributed by atoms with Crippen LogP contribution in [0.2, 0.25) is 0 Å². The molecule has 100 valence electrons. The van der Waals surface area contributed by atoms with Crippen LogP contribution in [-0.2, 0) is 11.3 Å². The third-order valence-corrected chi connectivity index (χ3v) is 3.54. The predicted molar refractivity (Wildman–Crippen MR) is 80.3 cm³/mol. The zero-order valence-corrected chi connectivity index (χ0v) is 11.8. The van der Waals surface area contributed by atoms with E-state index in [-0.39, 0.29) is 5.91 Å². The van der Waals surface area contributed by atoms with Crippen LogP contribution in [0.25, 0.3) is 0 Å². The number of carbonyl (C=O) groups is 1. The molecule has 0 unspecified atom stereocenters. The molecule has 19 heavy (non-hydrogen) atoms. The molecule has 0 bridgehead atoms. The number of para-hydroxylation sites is 1. The molecule has 0 fully saturated rings. The van der Waals surface area contributed by atoms with E-state index in [0.29, 0.717) is 6.42 Å². The number of hydrogen-bond donors (Lipinski definition) is 1. The van der Waals surface area contributed by atoms with Crippen LogP contribution in [0.1, 0.15) is 12.0 Å². The zero-order chi connectivity index (χ0) is 13.5. The van der Waals surface area contributed by atoms with Gasteiger partial charge in [-0.3, -0.25) is 4.79 Å². The van der Waals surface area contributed by atoms with E-state index in [2.05, 4.69) is 27.0 Å². The van der Waals surface area contributed by atoms with Crippen LogP contribution in [0.15, 0.2) is 47.2 Å². The molecule has 1 heterocycles. The fraction of sp³-hybridized carbons (Fsp3) is 0.267. The number of nitrogens with one attached hydrogen (secondary N) is 1. The molecule has 0 aliphatic rings. The van der Waals surface area contributed by atoms with Gasteiger partial charge in [0.15, 0.2) is 0 Å². The van der Waals surface area contributed by atoms with E-state index in [1.54, 1.807) is 11.3 Å². The highest BCUT2D eigenvalue weighted by Gasteiger charge is 2.05. The lowest BCUT2D eigenvalue weighted by Crippen LogP contribution is -2.23. The predicted octanol–water partition coefficient (Wildman–Crippen LogP) is 3.21. The van der Waals surface area contributed by atoms with Crippen molar-refractivity contribution >= 4 is 22.9 Å². The normalized spacial score (nSPS) is 10.6. The summed E-state index contributed by atoms with van der Waals surface area (Å²) in [5, 5.41) is 7.11. The third kappa shape index (κ3) is 4.85. The maximum absolute atomic E-state index is 11.8. The average molecular weight is 274 g/mol. The lowest BCUT2D eigenvalue weighted by molar-refractivity contribution is -0.116. The highest BCUT2D eigenvalue weighted by Crippen LogP contribution is 2.09. The molecule has 0 aliphatic carbocycles. The summed E-state index contributed by atoms with van der Waals surface area (Å²) in [7, 11) is 2.04. The van der Waals surface area contributed by atoms with Crippen molar-refractivity contribution in [2.75, 3.05) is 18.9 Å². The van der Waals surface area contributed by atoms with E-state index in [4.69, 9.17) is 0 Å². The van der Waals surface area contributed by atoms with Gasteiger partial charge in [0.25, 0.3) is 0 Å². The van der Waals surface area contributed by atoms with Gasteiger partial charge < -0.3 is 10.2 Å². The Morgan fingerprint density at radius 2 is 2.05 bits per heavy atom. The fourth-order valence-corrected chi connectivity index (χ4v) is 2.47. The van der Waals surface area contributed by atoms with Crippen molar-refractivity contribution in [3.63, 3.8) is 0 Å². The maximum Gasteiger partial charge on any atom is 0.225 e. The molecular weight excluding hydrogens is 256 g/mol. The van der Waals surface area contributed by atoms with E-state index in [1.807, 2.05) is 37.4 Å². The van der Waals surface area contributed by atoms with Crippen LogP contribution >= 0.6 is 11.3 Å². The van der Waals surface area contributed by atoms with E-state index in [1.165, 1.54) is 5.56 Å². The molecule has 0 radical (unpaired) electrons. The van der Waals surface area contributed by atoms with Gasteiger partial charge in [-0.15, -0.1) is 0 Å². The van der Waals surface area contributed by atoms with Crippen LogP contribution in [0.3, 0.4) is 0 Å². The van der Waals surface area contributed by atoms with Gasteiger partial charge in [0.05, 0.1) is 0 Å². The highest BCUT2D eigenvalue weighted by molar-refractivity contribution is 7.07. The van der Waals surface area contributed by atoms with E-state index in [0.717, 1.165) is 18.8 Å². The van der Waals surface area contributed by atoms with Gasteiger partial charge in [-0.05, 0) is 41.6 Å². The molecule has 1 aromatic carbocycles. The topological polar surface area (TPSA) is 32.3 Å². The smallest absolute Gasteiger partial charge is 0.225 e. The standard InChI is InChI=1S/C15H18N2OS/c1-17(11-13-8-10-19-12-13)9-7-15(18)16-14-5-3-2-4-6-14/h2-6,8,10,12H,7,9,11H2,1H3,(H,16,18). The van der Waals surface area contributed by atoms with Crippen molar-refractivity contribution in [2.24, 2.45) is 0 Å². The Balaban J connectivity index is 1.71. The Kier molecular flexibility index (Phi) is 5.12. The number of anilines is 1. The summed E-state index contributed by atoms with van der Waals surface area (Å²) in [6.45, 7) is 1.65. The first-order valence-corrected chi connectivity index (χ1v) is 7.23. The maximum atomic E-state index is 11.8. The quantitative estimate of drug-likeness (QED) is 0.877. The number of thiophene rings is 1. The Morgan fingerprint density at radius 3 is 2.74 bits per heavy atom. The van der Waals surface area contributed by atoms with Gasteiger partial charge in [0.1, 0.15) is 0 Å². The largest absolute Gasteiger partial charge is 0.326 e. The highest BCUT2D eigenvalue weighted by atomic mass is 32.1. The number of nitrogens with zero attached hydrogens (tertiary/aromatic N) is 1. The van der Waals surface area contributed by atoms with Gasteiger partial charge in [-0.25, -0.2) is 0 Å². The van der Waals surface area contributed by atoms with Crippen LogP contribution in [0.4, 0.5) is 5.69 Å². The van der Waals surface area contributed by atoms with Crippen molar-refractivity contribution in [2.45, 2.75) is 13.0 Å². The van der Waals surface area contributed by atoms with Crippen LogP contribution in [0.5, 0.6) is 0 Å². The van der Waals surface area contributed by atoms with Gasteiger partial charge in [0, 0.05) is 25.2 Å². The fourth-order valence-electron chi connectivity index (χ4n) is 1.81. The molecule has 2 aromatic rings. The minimum atomic E-state index is 0.0587. The van der Waals surface area contributed by atoms with Gasteiger partial charge in [0.2, 0.25) is 5.91 Å². The van der Waals surface area contributed by atoms with Crippen LogP contribution in [0, 0.1) is 0 Å². The van der Waals surface area contributed by atoms with E-state index < -0.39 is 0 Å². The Bertz CT molecular complexity index is 496. The number of benzene rings is 1. The summed E-state index contributed by atoms with van der Waals surface area (Å²) in [6.07, 6.45) is 0.509. The summed E-state index contributed by atoms with van der Waals surface area (Å²) < 4.78 is 0. The zero-order valence-electron chi connectivity index (χ0n) is 11.0. The molecule has 1 N–H and O–H groups in total. The lowest BCUT2D eigenvalue weighted by Gasteiger charge is -2.15. The molecule has 2 rings (SSSR count). The molecule has 0 saturated carbocycles. The second kappa shape index (κ2) is 7.07. The number of hydrogen-bond acceptors (Lipinski definition) is 3. The number of amides is 1. The Labute approximate surface area is 117 Å². The third-order valence-electron chi connectivity index (χ3n) is 2.81. The van der Waals surface area contributed by atoms with Crippen molar-refractivity contribution in [1.29, 1.82) is 0 Å². The second-order valence-electron chi connectivity index (χ2n) is 4.53. The van der Waals surface area contributed by atoms with Gasteiger partial charge in [-0.1, -0.05) is 18.2 Å². The average Bonchev–Trinajstić information content (AvgIpc) is 2.90. The summed E-state index contributed by atoms with van der Waals surface area (Å²) in [6, 6.07) is 11.7. The molecular formula is C15H18N2OS. The first kappa shape index (κ1) is 13.8. The number of carbonyl (C=O) groups excluding carboxylic acids is 1. The molecule has 4 heteroatoms.